The summed E-state index contributed by atoms with van der Waals surface area (Å²) >= 11 is 0. The second-order valence-electron chi connectivity index (χ2n) is 7.32. The summed E-state index contributed by atoms with van der Waals surface area (Å²) in [5, 5.41) is 4.38. The molecule has 3 heterocycles. The lowest BCUT2D eigenvalue weighted by Crippen LogP contribution is -2.43. The Balaban J connectivity index is 1.50. The van der Waals surface area contributed by atoms with E-state index in [9.17, 15) is 4.79 Å². The zero-order chi connectivity index (χ0) is 17.8. The van der Waals surface area contributed by atoms with Gasteiger partial charge in [0.15, 0.2) is 0 Å². The molecule has 0 aliphatic carbocycles. The van der Waals surface area contributed by atoms with Crippen LogP contribution in [0.25, 0.3) is 11.0 Å². The summed E-state index contributed by atoms with van der Waals surface area (Å²) in [4.78, 5) is 19.2. The molecule has 1 amide bonds. The molecule has 0 spiro atoms. The predicted octanol–water partition coefficient (Wildman–Crippen LogP) is 2.74. The van der Waals surface area contributed by atoms with Crippen molar-refractivity contribution in [3.05, 3.63) is 30.1 Å². The number of likely N-dealkylation sites (tertiary alicyclic amines) is 1. The maximum absolute atomic E-state index is 12.3. The number of piperidine rings is 1. The van der Waals surface area contributed by atoms with E-state index in [0.717, 1.165) is 51.0 Å². The molecule has 2 aromatic heterocycles. The molecule has 1 fully saturated rings. The molecule has 1 unspecified atom stereocenters. The van der Waals surface area contributed by atoms with Crippen molar-refractivity contribution in [1.29, 1.82) is 0 Å². The number of aromatic nitrogens is 2. The second kappa shape index (κ2) is 8.00. The van der Waals surface area contributed by atoms with E-state index in [1.54, 1.807) is 0 Å². The highest BCUT2D eigenvalue weighted by molar-refractivity contribution is 5.80. The number of pyridine rings is 1. The molecule has 1 aliphatic rings. The van der Waals surface area contributed by atoms with E-state index in [1.807, 2.05) is 12.3 Å². The summed E-state index contributed by atoms with van der Waals surface area (Å²) in [6.45, 7) is 7.26. The summed E-state index contributed by atoms with van der Waals surface area (Å²) in [6.07, 6.45) is 8.02. The first-order chi connectivity index (χ1) is 12.1. The Bertz CT molecular complexity index is 716. The molecular weight excluding hydrogens is 312 g/mol. The van der Waals surface area contributed by atoms with Crippen LogP contribution in [0, 0.1) is 5.92 Å². The van der Waals surface area contributed by atoms with Crippen molar-refractivity contribution in [2.45, 2.75) is 45.6 Å². The molecule has 0 radical (unpaired) electrons. The molecule has 25 heavy (non-hydrogen) atoms. The van der Waals surface area contributed by atoms with Crippen LogP contribution in [0.4, 0.5) is 0 Å². The van der Waals surface area contributed by atoms with Crippen molar-refractivity contribution in [2.75, 3.05) is 19.6 Å². The highest BCUT2D eigenvalue weighted by Crippen LogP contribution is 2.21. The topological polar surface area (TPSA) is 50.2 Å². The fourth-order valence-electron chi connectivity index (χ4n) is 3.65. The number of aryl methyl sites for hydroxylation is 1. The van der Waals surface area contributed by atoms with E-state index < -0.39 is 0 Å². The van der Waals surface area contributed by atoms with Gasteiger partial charge in [-0.2, -0.15) is 0 Å². The van der Waals surface area contributed by atoms with E-state index in [0.29, 0.717) is 0 Å². The van der Waals surface area contributed by atoms with E-state index >= 15 is 0 Å². The fourth-order valence-corrected chi connectivity index (χ4v) is 3.65. The second-order valence-corrected chi connectivity index (χ2v) is 7.32. The molecule has 0 bridgehead atoms. The van der Waals surface area contributed by atoms with Gasteiger partial charge in [0.2, 0.25) is 5.91 Å². The number of amides is 1. The fraction of sp³-hybridized carbons (Fsp3) is 0.600. The summed E-state index contributed by atoms with van der Waals surface area (Å²) in [6, 6.07) is 4.45. The molecule has 2 aromatic rings. The van der Waals surface area contributed by atoms with Crippen LogP contribution in [-0.4, -0.2) is 46.0 Å². The molecule has 0 saturated carbocycles. The molecular formula is C20H30N4O. The largest absolute Gasteiger partial charge is 0.353 e. The van der Waals surface area contributed by atoms with Gasteiger partial charge in [0.05, 0.1) is 0 Å². The van der Waals surface area contributed by atoms with Crippen LogP contribution < -0.4 is 5.32 Å². The average molecular weight is 342 g/mol. The van der Waals surface area contributed by atoms with Gasteiger partial charge in [-0.3, -0.25) is 4.79 Å². The summed E-state index contributed by atoms with van der Waals surface area (Å²) in [5.41, 5.74) is 2.42. The molecule has 5 heteroatoms. The lowest BCUT2D eigenvalue weighted by atomic mass is 9.95. The Kier molecular flexibility index (Phi) is 5.74. The van der Waals surface area contributed by atoms with Crippen LogP contribution in [-0.2, 0) is 18.3 Å². The Labute approximate surface area is 150 Å². The van der Waals surface area contributed by atoms with Gasteiger partial charge in [-0.15, -0.1) is 0 Å². The van der Waals surface area contributed by atoms with E-state index in [1.165, 1.54) is 10.9 Å². The van der Waals surface area contributed by atoms with Crippen LogP contribution in [0.2, 0.25) is 0 Å². The average Bonchev–Trinajstić information content (AvgIpc) is 2.96. The third-order valence-electron chi connectivity index (χ3n) is 5.47. The zero-order valence-electron chi connectivity index (χ0n) is 15.7. The highest BCUT2D eigenvalue weighted by atomic mass is 16.1. The lowest BCUT2D eigenvalue weighted by molar-refractivity contribution is -0.127. The maximum Gasteiger partial charge on any atom is 0.223 e. The van der Waals surface area contributed by atoms with Crippen LogP contribution in [0.5, 0.6) is 0 Å². The first kappa shape index (κ1) is 17.9. The summed E-state index contributed by atoms with van der Waals surface area (Å²) < 4.78 is 2.11. The van der Waals surface area contributed by atoms with Crippen molar-refractivity contribution in [3.63, 3.8) is 0 Å². The zero-order valence-corrected chi connectivity index (χ0v) is 15.7. The van der Waals surface area contributed by atoms with Gasteiger partial charge in [0.25, 0.3) is 0 Å². The number of hydrogen-bond donors (Lipinski definition) is 1. The number of carbonyl (C=O) groups is 1. The first-order valence-corrected chi connectivity index (χ1v) is 9.50. The van der Waals surface area contributed by atoms with E-state index in [-0.39, 0.29) is 17.9 Å². The van der Waals surface area contributed by atoms with Gasteiger partial charge < -0.3 is 14.8 Å². The molecule has 5 nitrogen and oxygen atoms in total. The molecule has 3 rings (SSSR count). The molecule has 136 valence electrons. The van der Waals surface area contributed by atoms with Crippen molar-refractivity contribution in [1.82, 2.24) is 19.8 Å². The normalized spacial score (nSPS) is 17.7. The molecule has 1 atom stereocenters. The van der Waals surface area contributed by atoms with E-state index in [4.69, 9.17) is 0 Å². The minimum Gasteiger partial charge on any atom is -0.353 e. The van der Waals surface area contributed by atoms with Gasteiger partial charge in [-0.1, -0.05) is 6.92 Å². The smallest absolute Gasteiger partial charge is 0.223 e. The predicted molar refractivity (Wildman–Crippen MR) is 101 cm³/mol. The van der Waals surface area contributed by atoms with Crippen molar-refractivity contribution in [3.8, 4) is 0 Å². The van der Waals surface area contributed by atoms with Gasteiger partial charge in [-0.25, -0.2) is 4.98 Å². The molecule has 1 N–H and O–H groups in total. The minimum atomic E-state index is 0.187. The standard InChI is InChI=1S/C20H30N4O/c1-4-15(2)22-20(25)16-7-11-24(12-8-16)13-9-17-14-23(3)19-18(17)6-5-10-21-19/h5-6,10,14-16H,4,7-9,11-13H2,1-3H3,(H,22,25). The van der Waals surface area contributed by atoms with Gasteiger partial charge in [0.1, 0.15) is 5.65 Å². The highest BCUT2D eigenvalue weighted by Gasteiger charge is 2.25. The number of nitrogens with one attached hydrogen (secondary N) is 1. The van der Waals surface area contributed by atoms with Gasteiger partial charge >= 0.3 is 0 Å². The number of carbonyl (C=O) groups excluding carboxylic acids is 1. The van der Waals surface area contributed by atoms with E-state index in [2.05, 4.69) is 52.9 Å². The van der Waals surface area contributed by atoms with Crippen LogP contribution in [0.1, 0.15) is 38.7 Å². The SMILES string of the molecule is CCC(C)NC(=O)C1CCN(CCc2cn(C)c3ncccc23)CC1. The Morgan fingerprint density at radius 1 is 1.40 bits per heavy atom. The van der Waals surface area contributed by atoms with Crippen molar-refractivity contribution >= 4 is 16.9 Å². The maximum atomic E-state index is 12.3. The lowest BCUT2D eigenvalue weighted by Gasteiger charge is -2.31. The first-order valence-electron chi connectivity index (χ1n) is 9.50. The van der Waals surface area contributed by atoms with Crippen molar-refractivity contribution in [2.24, 2.45) is 13.0 Å². The Morgan fingerprint density at radius 3 is 2.88 bits per heavy atom. The third kappa shape index (κ3) is 4.21. The van der Waals surface area contributed by atoms with Gasteiger partial charge in [-0.05, 0) is 63.4 Å². The third-order valence-corrected chi connectivity index (χ3v) is 5.47. The molecule has 0 aromatic carbocycles. The quantitative estimate of drug-likeness (QED) is 0.878. The van der Waals surface area contributed by atoms with Crippen LogP contribution >= 0.6 is 0 Å². The summed E-state index contributed by atoms with van der Waals surface area (Å²) in [5.74, 6) is 0.432. The molecule has 1 saturated heterocycles. The number of hydrogen-bond acceptors (Lipinski definition) is 3. The van der Waals surface area contributed by atoms with Crippen LogP contribution in [0.3, 0.4) is 0 Å². The number of rotatable bonds is 6. The van der Waals surface area contributed by atoms with Crippen LogP contribution in [0.15, 0.2) is 24.5 Å². The molecule has 1 aliphatic heterocycles. The summed E-state index contributed by atoms with van der Waals surface area (Å²) in [7, 11) is 2.06. The Hall–Kier alpha value is -1.88. The van der Waals surface area contributed by atoms with Gasteiger partial charge in [0, 0.05) is 43.3 Å². The number of nitrogens with zero attached hydrogens (tertiary/aromatic N) is 3. The monoisotopic (exact) mass is 342 g/mol. The Morgan fingerprint density at radius 2 is 2.16 bits per heavy atom. The van der Waals surface area contributed by atoms with Crippen molar-refractivity contribution < 1.29 is 4.79 Å². The minimum absolute atomic E-state index is 0.187. The number of fused-ring (bicyclic) bond motifs is 1.